The van der Waals surface area contributed by atoms with Crippen molar-refractivity contribution in [3.8, 4) is 0 Å². The van der Waals surface area contributed by atoms with Gasteiger partial charge in [-0.2, -0.15) is 0 Å². The molecule has 2 saturated heterocycles. The van der Waals surface area contributed by atoms with Crippen LogP contribution in [0.3, 0.4) is 0 Å². The Hall–Kier alpha value is -2.02. The molecule has 2 heterocycles. The van der Waals surface area contributed by atoms with E-state index in [0.29, 0.717) is 25.1 Å². The SMILES string of the molecule is C[C@@]12CCC(=O)N1[C@H](C(=O)NCCc1cccc(C(=O)O)c1)CS2. The average Bonchev–Trinajstić information content (AvgIpc) is 3.04. The number of hydrogen-bond donors (Lipinski definition) is 2. The van der Waals surface area contributed by atoms with Crippen LogP contribution < -0.4 is 5.32 Å². The van der Waals surface area contributed by atoms with Crippen LogP contribution in [-0.2, 0) is 16.0 Å². The lowest BCUT2D eigenvalue weighted by Gasteiger charge is -2.29. The number of hydrogen-bond acceptors (Lipinski definition) is 4. The van der Waals surface area contributed by atoms with Crippen molar-refractivity contribution in [2.24, 2.45) is 0 Å². The van der Waals surface area contributed by atoms with Crippen molar-refractivity contribution in [1.82, 2.24) is 10.2 Å². The predicted molar refractivity (Wildman–Crippen MR) is 90.8 cm³/mol. The summed E-state index contributed by atoms with van der Waals surface area (Å²) in [5.41, 5.74) is 1.10. The van der Waals surface area contributed by atoms with E-state index in [2.05, 4.69) is 5.32 Å². The predicted octanol–water partition coefficient (Wildman–Crippen LogP) is 1.50. The van der Waals surface area contributed by atoms with Gasteiger partial charge in [0.05, 0.1) is 10.4 Å². The Bertz CT molecular complexity index is 693. The maximum atomic E-state index is 12.4. The number of nitrogens with one attached hydrogen (secondary N) is 1. The minimum absolute atomic E-state index is 0.0526. The Kier molecular flexibility index (Phi) is 4.54. The molecule has 2 N–H and O–H groups in total. The quantitative estimate of drug-likeness (QED) is 0.842. The van der Waals surface area contributed by atoms with Gasteiger partial charge in [-0.1, -0.05) is 12.1 Å². The van der Waals surface area contributed by atoms with Crippen molar-refractivity contribution in [1.29, 1.82) is 0 Å². The third-order valence-electron chi connectivity index (χ3n) is 4.63. The fraction of sp³-hybridized carbons (Fsp3) is 0.471. The first-order chi connectivity index (χ1) is 11.4. The summed E-state index contributed by atoms with van der Waals surface area (Å²) in [6, 6.07) is 6.29. The summed E-state index contributed by atoms with van der Waals surface area (Å²) in [7, 11) is 0. The molecular formula is C17H20N2O4S. The van der Waals surface area contributed by atoms with Gasteiger partial charge in [-0.3, -0.25) is 9.59 Å². The number of benzene rings is 1. The van der Waals surface area contributed by atoms with Gasteiger partial charge >= 0.3 is 5.97 Å². The number of carbonyl (C=O) groups is 3. The molecule has 2 fully saturated rings. The normalized spacial score (nSPS) is 25.6. The highest BCUT2D eigenvalue weighted by Gasteiger charge is 2.52. The minimum Gasteiger partial charge on any atom is -0.478 e. The smallest absolute Gasteiger partial charge is 0.335 e. The molecule has 1 aromatic carbocycles. The second kappa shape index (κ2) is 6.47. The minimum atomic E-state index is -0.962. The highest BCUT2D eigenvalue weighted by molar-refractivity contribution is 8.01. The monoisotopic (exact) mass is 348 g/mol. The summed E-state index contributed by atoms with van der Waals surface area (Å²) in [4.78, 5) is 36.9. The van der Waals surface area contributed by atoms with Crippen molar-refractivity contribution >= 4 is 29.5 Å². The number of aromatic carboxylic acids is 1. The maximum Gasteiger partial charge on any atom is 0.335 e. The van der Waals surface area contributed by atoms with Crippen LogP contribution in [0.25, 0.3) is 0 Å². The number of fused-ring (bicyclic) bond motifs is 1. The number of amides is 2. The lowest BCUT2D eigenvalue weighted by atomic mass is 10.1. The summed E-state index contributed by atoms with van der Waals surface area (Å²) in [5, 5.41) is 11.9. The van der Waals surface area contributed by atoms with Gasteiger partial charge < -0.3 is 15.3 Å². The van der Waals surface area contributed by atoms with Crippen molar-refractivity contribution in [3.05, 3.63) is 35.4 Å². The van der Waals surface area contributed by atoms with E-state index in [9.17, 15) is 14.4 Å². The van der Waals surface area contributed by atoms with Gasteiger partial charge in [-0.05, 0) is 37.5 Å². The zero-order valence-corrected chi connectivity index (χ0v) is 14.3. The highest BCUT2D eigenvalue weighted by Crippen LogP contribution is 2.47. The van der Waals surface area contributed by atoms with Crippen molar-refractivity contribution in [2.75, 3.05) is 12.3 Å². The molecular weight excluding hydrogens is 328 g/mol. The zero-order chi connectivity index (χ0) is 17.3. The van der Waals surface area contributed by atoms with Crippen LogP contribution in [0.15, 0.2) is 24.3 Å². The summed E-state index contributed by atoms with van der Waals surface area (Å²) in [6.07, 6.45) is 1.86. The molecule has 0 saturated carbocycles. The van der Waals surface area contributed by atoms with E-state index in [0.717, 1.165) is 12.0 Å². The Labute approximate surface area is 144 Å². The summed E-state index contributed by atoms with van der Waals surface area (Å²) >= 11 is 1.67. The number of carbonyl (C=O) groups excluding carboxylic acids is 2. The van der Waals surface area contributed by atoms with E-state index in [1.54, 1.807) is 34.9 Å². The molecule has 128 valence electrons. The van der Waals surface area contributed by atoms with Crippen LogP contribution in [0.5, 0.6) is 0 Å². The molecule has 2 amide bonds. The Morgan fingerprint density at radius 3 is 3.00 bits per heavy atom. The maximum absolute atomic E-state index is 12.4. The first kappa shape index (κ1) is 16.8. The molecule has 0 aliphatic carbocycles. The topological polar surface area (TPSA) is 86.7 Å². The summed E-state index contributed by atoms with van der Waals surface area (Å²) in [5.74, 6) is -0.411. The number of nitrogens with zero attached hydrogens (tertiary/aromatic N) is 1. The van der Waals surface area contributed by atoms with Crippen LogP contribution in [0.4, 0.5) is 0 Å². The first-order valence-corrected chi connectivity index (χ1v) is 8.95. The molecule has 0 spiro atoms. The molecule has 24 heavy (non-hydrogen) atoms. The van der Waals surface area contributed by atoms with Crippen LogP contribution in [0, 0.1) is 0 Å². The van der Waals surface area contributed by atoms with E-state index in [1.165, 1.54) is 0 Å². The van der Waals surface area contributed by atoms with Crippen molar-refractivity contribution < 1.29 is 19.5 Å². The molecule has 1 aromatic rings. The lowest BCUT2D eigenvalue weighted by Crippen LogP contribution is -2.50. The standard InChI is InChI=1S/C17H20N2O4S/c1-17-7-5-14(20)19(17)13(10-24-17)15(21)18-8-6-11-3-2-4-12(9-11)16(22)23/h2-4,9,13H,5-8,10H2,1H3,(H,18,21)(H,22,23)/t13-,17+/m0/s1. The van der Waals surface area contributed by atoms with Crippen molar-refractivity contribution in [2.45, 2.75) is 37.1 Å². The molecule has 6 nitrogen and oxygen atoms in total. The molecule has 3 rings (SSSR count). The van der Waals surface area contributed by atoms with Crippen LogP contribution >= 0.6 is 11.8 Å². The Morgan fingerprint density at radius 1 is 1.46 bits per heavy atom. The van der Waals surface area contributed by atoms with E-state index < -0.39 is 12.0 Å². The number of carboxylic acids is 1. The van der Waals surface area contributed by atoms with Crippen molar-refractivity contribution in [3.63, 3.8) is 0 Å². The molecule has 2 atom stereocenters. The number of carboxylic acid groups (broad SMARTS) is 1. The summed E-state index contributed by atoms with van der Waals surface area (Å²) < 4.78 is 0. The van der Waals surface area contributed by atoms with Gasteiger partial charge in [0.2, 0.25) is 11.8 Å². The third kappa shape index (κ3) is 3.13. The average molecular weight is 348 g/mol. The Balaban J connectivity index is 1.56. The van der Waals surface area contributed by atoms with Gasteiger partial charge in [-0.15, -0.1) is 11.8 Å². The van der Waals surface area contributed by atoms with Crippen LogP contribution in [0.2, 0.25) is 0 Å². The third-order valence-corrected chi connectivity index (χ3v) is 6.14. The zero-order valence-electron chi connectivity index (χ0n) is 13.4. The fourth-order valence-electron chi connectivity index (χ4n) is 3.32. The molecule has 0 unspecified atom stereocenters. The van der Waals surface area contributed by atoms with E-state index in [1.807, 2.05) is 13.0 Å². The van der Waals surface area contributed by atoms with Crippen LogP contribution in [-0.4, -0.2) is 51.0 Å². The number of rotatable bonds is 5. The summed E-state index contributed by atoms with van der Waals surface area (Å²) in [6.45, 7) is 2.44. The van der Waals surface area contributed by atoms with Gasteiger partial charge in [0, 0.05) is 18.7 Å². The molecule has 0 bridgehead atoms. The largest absolute Gasteiger partial charge is 0.478 e. The lowest BCUT2D eigenvalue weighted by molar-refractivity contribution is -0.137. The molecule has 2 aliphatic heterocycles. The molecule has 7 heteroatoms. The van der Waals surface area contributed by atoms with E-state index in [4.69, 9.17) is 5.11 Å². The molecule has 2 aliphatic rings. The fourth-order valence-corrected chi connectivity index (χ4v) is 4.75. The highest BCUT2D eigenvalue weighted by atomic mass is 32.2. The second-order valence-corrected chi connectivity index (χ2v) is 7.81. The second-order valence-electron chi connectivity index (χ2n) is 6.31. The molecule has 0 radical (unpaired) electrons. The number of thioether (sulfide) groups is 1. The van der Waals surface area contributed by atoms with Gasteiger partial charge in [0.1, 0.15) is 6.04 Å². The Morgan fingerprint density at radius 2 is 2.25 bits per heavy atom. The molecule has 0 aromatic heterocycles. The van der Waals surface area contributed by atoms with Gasteiger partial charge in [0.25, 0.3) is 0 Å². The van der Waals surface area contributed by atoms with Gasteiger partial charge in [0.15, 0.2) is 0 Å². The van der Waals surface area contributed by atoms with E-state index >= 15 is 0 Å². The first-order valence-electron chi connectivity index (χ1n) is 7.97. The van der Waals surface area contributed by atoms with Crippen LogP contribution in [0.1, 0.15) is 35.7 Å². The van der Waals surface area contributed by atoms with Gasteiger partial charge in [-0.25, -0.2) is 4.79 Å². The van der Waals surface area contributed by atoms with E-state index in [-0.39, 0.29) is 22.2 Å².